The lowest BCUT2D eigenvalue weighted by molar-refractivity contribution is -0.141. The fraction of sp³-hybridized carbons (Fsp3) is 0.778. The van der Waals surface area contributed by atoms with Crippen LogP contribution in [0.15, 0.2) is 0 Å². The van der Waals surface area contributed by atoms with Crippen molar-refractivity contribution in [2.24, 2.45) is 11.8 Å². The zero-order valence-corrected chi connectivity index (χ0v) is 8.63. The Hall–Kier alpha value is -0.710. The second-order valence-electron chi connectivity index (χ2n) is 3.58. The molecule has 0 spiro atoms. The van der Waals surface area contributed by atoms with Gasteiger partial charge in [0.2, 0.25) is 0 Å². The van der Waals surface area contributed by atoms with Crippen molar-refractivity contribution < 1.29 is 19.8 Å². The van der Waals surface area contributed by atoms with E-state index in [1.165, 1.54) is 0 Å². The Morgan fingerprint density at radius 2 is 1.86 bits per heavy atom. The number of hydrogen-bond donors (Lipinski definition) is 2. The lowest BCUT2D eigenvalue weighted by Crippen LogP contribution is -2.21. The molecule has 1 aliphatic rings. The molecule has 0 aliphatic carbocycles. The van der Waals surface area contributed by atoms with Crippen LogP contribution in [0.5, 0.6) is 0 Å². The maximum absolute atomic E-state index is 10.5. The van der Waals surface area contributed by atoms with Crippen LogP contribution >= 0.6 is 11.8 Å². The van der Waals surface area contributed by atoms with E-state index in [4.69, 9.17) is 10.2 Å². The third-order valence-electron chi connectivity index (χ3n) is 2.51. The molecule has 2 N–H and O–H groups in total. The van der Waals surface area contributed by atoms with Gasteiger partial charge in [-0.15, -0.1) is 0 Å². The molecule has 1 atom stereocenters. The number of aliphatic carboxylic acids is 2. The summed E-state index contributed by atoms with van der Waals surface area (Å²) in [5.74, 6) is 0.222. The van der Waals surface area contributed by atoms with Crippen LogP contribution in [0.2, 0.25) is 0 Å². The van der Waals surface area contributed by atoms with E-state index in [-0.39, 0.29) is 24.7 Å². The van der Waals surface area contributed by atoms with Gasteiger partial charge in [-0.3, -0.25) is 9.59 Å². The summed E-state index contributed by atoms with van der Waals surface area (Å²) in [5, 5.41) is 17.3. The second-order valence-corrected chi connectivity index (χ2v) is 4.73. The van der Waals surface area contributed by atoms with Crippen LogP contribution in [-0.4, -0.2) is 33.7 Å². The predicted molar refractivity (Wildman–Crippen MR) is 53.4 cm³/mol. The first kappa shape index (κ1) is 11.4. The third-order valence-corrected chi connectivity index (χ3v) is 3.69. The van der Waals surface area contributed by atoms with Gasteiger partial charge in [-0.1, -0.05) is 0 Å². The van der Waals surface area contributed by atoms with Crippen molar-refractivity contribution >= 4 is 23.7 Å². The standard InChI is InChI=1S/C9H14O4S/c10-8(11)3-7(4-9(12)13)6-1-2-14-5-6/h6-7H,1-5H2,(H,10,11)(H,12,13). The lowest BCUT2D eigenvalue weighted by atomic mass is 9.86. The minimum atomic E-state index is -0.895. The number of carboxylic acids is 2. The molecule has 4 nitrogen and oxygen atoms in total. The second kappa shape index (κ2) is 5.24. The van der Waals surface area contributed by atoms with Gasteiger partial charge in [0, 0.05) is 12.8 Å². The zero-order chi connectivity index (χ0) is 10.6. The SMILES string of the molecule is O=C(O)CC(CC(=O)O)C1CCSC1. The molecule has 0 aromatic rings. The van der Waals surface area contributed by atoms with Gasteiger partial charge in [-0.05, 0) is 29.8 Å². The smallest absolute Gasteiger partial charge is 0.303 e. The van der Waals surface area contributed by atoms with Crippen molar-refractivity contribution in [1.29, 1.82) is 0 Å². The van der Waals surface area contributed by atoms with Crippen LogP contribution in [0.4, 0.5) is 0 Å². The highest BCUT2D eigenvalue weighted by molar-refractivity contribution is 7.99. The topological polar surface area (TPSA) is 74.6 Å². The van der Waals surface area contributed by atoms with Crippen LogP contribution in [0.25, 0.3) is 0 Å². The fourth-order valence-electron chi connectivity index (χ4n) is 1.78. The van der Waals surface area contributed by atoms with Crippen molar-refractivity contribution in [2.75, 3.05) is 11.5 Å². The first-order valence-electron chi connectivity index (χ1n) is 4.61. The summed E-state index contributed by atoms with van der Waals surface area (Å²) in [5.41, 5.74) is 0. The van der Waals surface area contributed by atoms with E-state index in [2.05, 4.69) is 0 Å². The van der Waals surface area contributed by atoms with Crippen LogP contribution < -0.4 is 0 Å². The van der Waals surface area contributed by atoms with Crippen molar-refractivity contribution in [3.63, 3.8) is 0 Å². The average Bonchev–Trinajstić information content (AvgIpc) is 2.52. The Labute approximate surface area is 86.7 Å². The molecular weight excluding hydrogens is 204 g/mol. The number of thioether (sulfide) groups is 1. The highest BCUT2D eigenvalue weighted by Crippen LogP contribution is 2.33. The maximum Gasteiger partial charge on any atom is 0.303 e. The monoisotopic (exact) mass is 218 g/mol. The largest absolute Gasteiger partial charge is 0.481 e. The van der Waals surface area contributed by atoms with Crippen molar-refractivity contribution in [2.45, 2.75) is 19.3 Å². The Bertz CT molecular complexity index is 207. The molecule has 1 unspecified atom stereocenters. The molecule has 0 amide bonds. The normalized spacial score (nSPS) is 21.4. The van der Waals surface area contributed by atoms with Gasteiger partial charge in [-0.2, -0.15) is 11.8 Å². The van der Waals surface area contributed by atoms with E-state index in [1.54, 1.807) is 11.8 Å². The molecular formula is C9H14O4S. The molecule has 1 saturated heterocycles. The summed E-state index contributed by atoms with van der Waals surface area (Å²) in [4.78, 5) is 21.1. The molecule has 0 aromatic heterocycles. The van der Waals surface area contributed by atoms with Crippen molar-refractivity contribution in [3.8, 4) is 0 Å². The quantitative estimate of drug-likeness (QED) is 0.727. The molecule has 1 heterocycles. The van der Waals surface area contributed by atoms with Crippen LogP contribution in [0.3, 0.4) is 0 Å². The van der Waals surface area contributed by atoms with E-state index in [1.807, 2.05) is 0 Å². The van der Waals surface area contributed by atoms with E-state index >= 15 is 0 Å². The third kappa shape index (κ3) is 3.57. The number of carbonyl (C=O) groups is 2. The molecule has 5 heteroatoms. The molecule has 0 radical (unpaired) electrons. The molecule has 1 rings (SSSR count). The number of carboxylic acid groups (broad SMARTS) is 2. The molecule has 1 fully saturated rings. The van der Waals surface area contributed by atoms with E-state index < -0.39 is 11.9 Å². The summed E-state index contributed by atoms with van der Waals surface area (Å²) < 4.78 is 0. The fourth-order valence-corrected chi connectivity index (χ4v) is 3.16. The highest BCUT2D eigenvalue weighted by atomic mass is 32.2. The molecule has 0 aromatic carbocycles. The Morgan fingerprint density at radius 1 is 1.29 bits per heavy atom. The van der Waals surface area contributed by atoms with Gasteiger partial charge in [-0.25, -0.2) is 0 Å². The van der Waals surface area contributed by atoms with Gasteiger partial charge in [0.25, 0.3) is 0 Å². The Balaban J connectivity index is 2.50. The number of hydrogen-bond acceptors (Lipinski definition) is 3. The van der Waals surface area contributed by atoms with Gasteiger partial charge >= 0.3 is 11.9 Å². The number of rotatable bonds is 5. The average molecular weight is 218 g/mol. The molecule has 80 valence electrons. The first-order chi connectivity index (χ1) is 6.59. The molecule has 0 bridgehead atoms. The zero-order valence-electron chi connectivity index (χ0n) is 7.81. The lowest BCUT2D eigenvalue weighted by Gasteiger charge is -2.18. The summed E-state index contributed by atoms with van der Waals surface area (Å²) in [7, 11) is 0. The molecule has 0 saturated carbocycles. The van der Waals surface area contributed by atoms with Gasteiger partial charge < -0.3 is 10.2 Å². The predicted octanol–water partition coefficient (Wildman–Crippen LogP) is 1.31. The van der Waals surface area contributed by atoms with Crippen LogP contribution in [0, 0.1) is 11.8 Å². The van der Waals surface area contributed by atoms with Crippen LogP contribution in [-0.2, 0) is 9.59 Å². The van der Waals surface area contributed by atoms with Crippen molar-refractivity contribution in [1.82, 2.24) is 0 Å². The maximum atomic E-state index is 10.5. The van der Waals surface area contributed by atoms with Crippen molar-refractivity contribution in [3.05, 3.63) is 0 Å². The Kier molecular flexibility index (Phi) is 4.25. The first-order valence-corrected chi connectivity index (χ1v) is 5.76. The molecule has 1 aliphatic heterocycles. The van der Waals surface area contributed by atoms with Gasteiger partial charge in [0.15, 0.2) is 0 Å². The van der Waals surface area contributed by atoms with Gasteiger partial charge in [0.1, 0.15) is 0 Å². The van der Waals surface area contributed by atoms with Gasteiger partial charge in [0.05, 0.1) is 0 Å². The summed E-state index contributed by atoms with van der Waals surface area (Å²) >= 11 is 1.78. The molecule has 14 heavy (non-hydrogen) atoms. The van der Waals surface area contributed by atoms with E-state index in [0.717, 1.165) is 17.9 Å². The van der Waals surface area contributed by atoms with E-state index in [0.29, 0.717) is 0 Å². The van der Waals surface area contributed by atoms with Crippen LogP contribution in [0.1, 0.15) is 19.3 Å². The summed E-state index contributed by atoms with van der Waals surface area (Å²) in [6, 6.07) is 0. The summed E-state index contributed by atoms with van der Waals surface area (Å²) in [6.45, 7) is 0. The summed E-state index contributed by atoms with van der Waals surface area (Å²) in [6.07, 6.45) is 0.922. The Morgan fingerprint density at radius 3 is 2.21 bits per heavy atom. The van der Waals surface area contributed by atoms with E-state index in [9.17, 15) is 9.59 Å². The highest BCUT2D eigenvalue weighted by Gasteiger charge is 2.28. The minimum absolute atomic E-state index is 0.0163. The minimum Gasteiger partial charge on any atom is -0.481 e.